The topological polar surface area (TPSA) is 29.5 Å². The molecule has 1 fully saturated rings. The Bertz CT molecular complexity index is 606. The maximum Gasteiger partial charge on any atom is 0.0745 e. The summed E-state index contributed by atoms with van der Waals surface area (Å²) in [5.41, 5.74) is 5.13. The number of fused-ring (bicyclic) bond motifs is 3. The van der Waals surface area contributed by atoms with E-state index in [0.717, 1.165) is 6.61 Å². The molecule has 4 atom stereocenters. The molecule has 3 rings (SSSR count). The van der Waals surface area contributed by atoms with Crippen LogP contribution in [0.2, 0.25) is 0 Å². The highest BCUT2D eigenvalue weighted by atomic mass is 16.5. The van der Waals surface area contributed by atoms with Gasteiger partial charge in [0.05, 0.1) is 19.3 Å². The molecular weight excluding hydrogens is 308 g/mol. The third-order valence-corrected chi connectivity index (χ3v) is 6.96. The van der Waals surface area contributed by atoms with Crippen LogP contribution < -0.4 is 0 Å². The minimum Gasteiger partial charge on any atom is -0.391 e. The van der Waals surface area contributed by atoms with E-state index in [1.54, 1.807) is 18.1 Å². The van der Waals surface area contributed by atoms with Gasteiger partial charge in [-0.05, 0) is 72.0 Å². The molecule has 2 unspecified atom stereocenters. The lowest BCUT2D eigenvalue weighted by Crippen LogP contribution is -2.51. The van der Waals surface area contributed by atoms with E-state index in [4.69, 9.17) is 4.74 Å². The molecule has 140 valence electrons. The Kier molecular flexibility index (Phi) is 5.33. The number of benzene rings is 1. The van der Waals surface area contributed by atoms with Gasteiger partial charge in [-0.25, -0.2) is 0 Å². The van der Waals surface area contributed by atoms with Gasteiger partial charge >= 0.3 is 0 Å². The van der Waals surface area contributed by atoms with Gasteiger partial charge in [0.1, 0.15) is 0 Å². The summed E-state index contributed by atoms with van der Waals surface area (Å²) in [5.74, 6) is 1.27. The molecule has 0 heterocycles. The Morgan fingerprint density at radius 2 is 1.96 bits per heavy atom. The van der Waals surface area contributed by atoms with E-state index in [-0.39, 0.29) is 16.9 Å². The molecule has 1 saturated carbocycles. The van der Waals surface area contributed by atoms with Crippen LogP contribution in [0.5, 0.6) is 0 Å². The van der Waals surface area contributed by atoms with Crippen molar-refractivity contribution in [3.05, 3.63) is 34.9 Å². The van der Waals surface area contributed by atoms with Crippen LogP contribution in [0.1, 0.15) is 82.9 Å². The van der Waals surface area contributed by atoms with Gasteiger partial charge in [-0.15, -0.1) is 0 Å². The third kappa shape index (κ3) is 3.53. The Hall–Kier alpha value is -0.860. The van der Waals surface area contributed by atoms with Crippen LogP contribution in [0, 0.1) is 11.3 Å². The van der Waals surface area contributed by atoms with E-state index in [9.17, 15) is 5.11 Å². The lowest BCUT2D eigenvalue weighted by molar-refractivity contribution is -0.0620. The number of rotatable bonds is 5. The van der Waals surface area contributed by atoms with Crippen molar-refractivity contribution in [1.29, 1.82) is 0 Å². The van der Waals surface area contributed by atoms with Crippen LogP contribution >= 0.6 is 0 Å². The Morgan fingerprint density at radius 3 is 2.64 bits per heavy atom. The number of ether oxygens (including phenoxy) is 1. The van der Waals surface area contributed by atoms with Crippen molar-refractivity contribution in [1.82, 2.24) is 0 Å². The zero-order valence-corrected chi connectivity index (χ0v) is 16.8. The number of aliphatic hydroxyl groups excluding tert-OH is 1. The second-order valence-electron chi connectivity index (χ2n) is 9.45. The zero-order chi connectivity index (χ0) is 18.2. The van der Waals surface area contributed by atoms with Crippen LogP contribution in [0.15, 0.2) is 18.2 Å². The molecule has 0 amide bonds. The third-order valence-electron chi connectivity index (χ3n) is 6.96. The lowest BCUT2D eigenvalue weighted by atomic mass is 9.50. The SMILES string of the molecule is CC(O)COC[C@@]1(C)CCC[C@]2(C)c3ccc(C(C)C)cc3CCC12. The van der Waals surface area contributed by atoms with Gasteiger partial charge in [-0.1, -0.05) is 52.3 Å². The van der Waals surface area contributed by atoms with Crippen LogP contribution in [0.4, 0.5) is 0 Å². The molecule has 1 aromatic rings. The predicted octanol–water partition coefficient (Wildman–Crippen LogP) is 5.22. The molecule has 2 aliphatic rings. The average Bonchev–Trinajstić information content (AvgIpc) is 2.53. The fourth-order valence-corrected chi connectivity index (χ4v) is 5.64. The molecule has 2 nitrogen and oxygen atoms in total. The van der Waals surface area contributed by atoms with Crippen molar-refractivity contribution >= 4 is 0 Å². The number of aryl methyl sites for hydroxylation is 1. The molecule has 0 radical (unpaired) electrons. The van der Waals surface area contributed by atoms with Crippen molar-refractivity contribution < 1.29 is 9.84 Å². The monoisotopic (exact) mass is 344 g/mol. The molecule has 0 bridgehead atoms. The quantitative estimate of drug-likeness (QED) is 0.794. The molecule has 0 aliphatic heterocycles. The summed E-state index contributed by atoms with van der Waals surface area (Å²) in [7, 11) is 0. The van der Waals surface area contributed by atoms with E-state index in [1.807, 2.05) is 0 Å². The van der Waals surface area contributed by atoms with E-state index < -0.39 is 0 Å². The summed E-state index contributed by atoms with van der Waals surface area (Å²) in [6.07, 6.45) is 5.89. The van der Waals surface area contributed by atoms with Crippen LogP contribution in [0.25, 0.3) is 0 Å². The average molecular weight is 345 g/mol. The maximum atomic E-state index is 9.52. The summed E-state index contributed by atoms with van der Waals surface area (Å²) >= 11 is 0. The van der Waals surface area contributed by atoms with Crippen molar-refractivity contribution in [2.45, 2.75) is 84.2 Å². The molecule has 0 saturated heterocycles. The van der Waals surface area contributed by atoms with Crippen molar-refractivity contribution in [2.24, 2.45) is 11.3 Å². The first-order valence-corrected chi connectivity index (χ1v) is 10.2. The fourth-order valence-electron chi connectivity index (χ4n) is 5.64. The molecule has 2 aliphatic carbocycles. The van der Waals surface area contributed by atoms with Gasteiger partial charge < -0.3 is 9.84 Å². The summed E-state index contributed by atoms with van der Waals surface area (Å²) in [6.45, 7) is 12.5. The number of hydrogen-bond donors (Lipinski definition) is 1. The highest BCUT2D eigenvalue weighted by Gasteiger charge is 2.51. The maximum absolute atomic E-state index is 9.52. The normalized spacial score (nSPS) is 33.0. The second-order valence-corrected chi connectivity index (χ2v) is 9.45. The van der Waals surface area contributed by atoms with Crippen LogP contribution in [-0.2, 0) is 16.6 Å². The zero-order valence-electron chi connectivity index (χ0n) is 16.8. The van der Waals surface area contributed by atoms with E-state index >= 15 is 0 Å². The number of aliphatic hydroxyl groups is 1. The van der Waals surface area contributed by atoms with Crippen molar-refractivity contribution in [3.8, 4) is 0 Å². The van der Waals surface area contributed by atoms with E-state index in [0.29, 0.717) is 18.4 Å². The van der Waals surface area contributed by atoms with Gasteiger partial charge in [0.25, 0.3) is 0 Å². The minimum absolute atomic E-state index is 0.219. The first-order valence-electron chi connectivity index (χ1n) is 10.2. The highest BCUT2D eigenvalue weighted by molar-refractivity contribution is 5.42. The molecule has 0 spiro atoms. The summed E-state index contributed by atoms with van der Waals surface area (Å²) in [5, 5.41) is 9.52. The molecule has 1 aromatic carbocycles. The smallest absolute Gasteiger partial charge is 0.0745 e. The Labute approximate surface area is 154 Å². The first kappa shape index (κ1) is 18.9. The molecular formula is C23H36O2. The van der Waals surface area contributed by atoms with Gasteiger partial charge in [0, 0.05) is 0 Å². The fraction of sp³-hybridized carbons (Fsp3) is 0.739. The van der Waals surface area contributed by atoms with Gasteiger partial charge in [-0.2, -0.15) is 0 Å². The van der Waals surface area contributed by atoms with Crippen LogP contribution in [0.3, 0.4) is 0 Å². The van der Waals surface area contributed by atoms with E-state index in [2.05, 4.69) is 45.9 Å². The first-order chi connectivity index (χ1) is 11.8. The highest BCUT2D eigenvalue weighted by Crippen LogP contribution is 2.57. The molecule has 1 N–H and O–H groups in total. The summed E-state index contributed by atoms with van der Waals surface area (Å²) in [6, 6.07) is 7.25. The number of hydrogen-bond acceptors (Lipinski definition) is 2. The summed E-state index contributed by atoms with van der Waals surface area (Å²) < 4.78 is 5.92. The lowest BCUT2D eigenvalue weighted by Gasteiger charge is -2.55. The van der Waals surface area contributed by atoms with Crippen molar-refractivity contribution in [3.63, 3.8) is 0 Å². The minimum atomic E-state index is -0.375. The Morgan fingerprint density at radius 1 is 1.20 bits per heavy atom. The van der Waals surface area contributed by atoms with Gasteiger partial charge in [-0.3, -0.25) is 0 Å². The van der Waals surface area contributed by atoms with E-state index in [1.165, 1.54) is 37.7 Å². The van der Waals surface area contributed by atoms with Gasteiger partial charge in [0.2, 0.25) is 0 Å². The van der Waals surface area contributed by atoms with Gasteiger partial charge in [0.15, 0.2) is 0 Å². The Balaban J connectivity index is 1.88. The van der Waals surface area contributed by atoms with Crippen LogP contribution in [-0.4, -0.2) is 24.4 Å². The summed E-state index contributed by atoms with van der Waals surface area (Å²) in [4.78, 5) is 0. The standard InChI is InChI=1S/C23H36O2/c1-16(2)18-7-9-20-19(13-18)8-10-21-22(4,15-25-14-17(3)24)11-6-12-23(20,21)5/h7,9,13,16-17,21,24H,6,8,10-12,14-15H2,1-5H3/t17?,21?,22-,23-/m1/s1. The molecule has 2 heteroatoms. The van der Waals surface area contributed by atoms with Crippen molar-refractivity contribution in [2.75, 3.05) is 13.2 Å². The largest absolute Gasteiger partial charge is 0.391 e. The molecule has 0 aromatic heterocycles. The second kappa shape index (κ2) is 7.04. The molecule has 25 heavy (non-hydrogen) atoms. The predicted molar refractivity (Wildman–Crippen MR) is 104 cm³/mol.